The molecule has 2 aromatic rings. The average molecular weight is 492 g/mol. The first-order chi connectivity index (χ1) is 16.0. The van der Waals surface area contributed by atoms with Crippen LogP contribution in [0.15, 0.2) is 28.3 Å². The molecule has 1 aromatic heterocycles. The molecule has 178 valence electrons. The first kappa shape index (κ1) is 22.7. The van der Waals surface area contributed by atoms with Gasteiger partial charge in [0, 0.05) is 30.7 Å². The molecule has 1 amide bonds. The third kappa shape index (κ3) is 4.90. The Morgan fingerprint density at radius 2 is 1.94 bits per heavy atom. The molecule has 0 unspecified atom stereocenters. The largest absolute Gasteiger partial charge is 0.492 e. The number of rotatable bonds is 10. The third-order valence-electron chi connectivity index (χ3n) is 6.09. The van der Waals surface area contributed by atoms with Crippen molar-refractivity contribution >= 4 is 33.4 Å². The Bertz CT molecular complexity index is 1140. The number of nitrogens with zero attached hydrogens (tertiary/aromatic N) is 4. The third-order valence-corrected chi connectivity index (χ3v) is 8.95. The van der Waals surface area contributed by atoms with Gasteiger partial charge in [-0.25, -0.2) is 8.42 Å². The van der Waals surface area contributed by atoms with E-state index in [0.29, 0.717) is 43.1 Å². The molecule has 11 heteroatoms. The van der Waals surface area contributed by atoms with Gasteiger partial charge in [-0.3, -0.25) is 4.79 Å². The summed E-state index contributed by atoms with van der Waals surface area (Å²) < 4.78 is 35.6. The summed E-state index contributed by atoms with van der Waals surface area (Å²) in [7, 11) is -3.68. The van der Waals surface area contributed by atoms with Crippen LogP contribution in [0.1, 0.15) is 63.2 Å². The number of thioether (sulfide) groups is 1. The second kappa shape index (κ2) is 9.27. The highest BCUT2D eigenvalue weighted by molar-refractivity contribution is 7.99. The van der Waals surface area contributed by atoms with Crippen molar-refractivity contribution in [3.05, 3.63) is 24.0 Å². The van der Waals surface area contributed by atoms with E-state index >= 15 is 0 Å². The van der Waals surface area contributed by atoms with E-state index in [1.165, 1.54) is 22.1 Å². The highest BCUT2D eigenvalue weighted by Gasteiger charge is 2.36. The monoisotopic (exact) mass is 491 g/mol. The fourth-order valence-corrected chi connectivity index (χ4v) is 6.63. The number of carbonyl (C=O) groups excluding carboxylic acids is 1. The summed E-state index contributed by atoms with van der Waals surface area (Å²) in [5.74, 6) is 1.84. The van der Waals surface area contributed by atoms with E-state index in [9.17, 15) is 13.2 Å². The van der Waals surface area contributed by atoms with E-state index in [1.807, 2.05) is 6.92 Å². The number of carbonyl (C=O) groups is 1. The Kier molecular flexibility index (Phi) is 6.37. The van der Waals surface area contributed by atoms with Crippen molar-refractivity contribution in [2.75, 3.05) is 30.8 Å². The molecule has 3 aliphatic rings. The van der Waals surface area contributed by atoms with Crippen molar-refractivity contribution in [2.24, 2.45) is 0 Å². The number of aromatic nitrogens is 3. The van der Waals surface area contributed by atoms with E-state index < -0.39 is 10.0 Å². The smallest absolute Gasteiger partial charge is 0.246 e. The van der Waals surface area contributed by atoms with Gasteiger partial charge in [0.15, 0.2) is 5.16 Å². The van der Waals surface area contributed by atoms with Crippen LogP contribution in [0, 0.1) is 0 Å². The van der Waals surface area contributed by atoms with Crippen LogP contribution < -0.4 is 10.1 Å². The lowest BCUT2D eigenvalue weighted by atomic mass is 10.3. The maximum atomic E-state index is 13.2. The van der Waals surface area contributed by atoms with Crippen molar-refractivity contribution in [3.8, 4) is 5.75 Å². The van der Waals surface area contributed by atoms with E-state index in [-0.39, 0.29) is 16.6 Å². The lowest BCUT2D eigenvalue weighted by Gasteiger charge is -2.19. The normalized spacial score (nSPS) is 19.1. The van der Waals surface area contributed by atoms with Crippen LogP contribution in [0.5, 0.6) is 5.75 Å². The minimum absolute atomic E-state index is 0.0965. The van der Waals surface area contributed by atoms with Gasteiger partial charge in [-0.1, -0.05) is 11.8 Å². The number of amides is 1. The van der Waals surface area contributed by atoms with Crippen molar-refractivity contribution in [1.29, 1.82) is 0 Å². The molecule has 1 N–H and O–H groups in total. The first-order valence-electron chi connectivity index (χ1n) is 11.6. The highest BCUT2D eigenvalue weighted by atomic mass is 32.2. The van der Waals surface area contributed by atoms with Crippen molar-refractivity contribution in [2.45, 2.75) is 67.5 Å². The van der Waals surface area contributed by atoms with E-state index in [1.54, 1.807) is 12.1 Å². The minimum Gasteiger partial charge on any atom is -0.492 e. The van der Waals surface area contributed by atoms with Gasteiger partial charge in [-0.2, -0.15) is 4.31 Å². The molecule has 0 bridgehead atoms. The standard InChI is InChI=1S/C22H29N5O4S2/c1-2-31-18-10-7-16(13-19(18)33(29,30)26-11-3-4-12-26)23-20(28)14-32-22-25-24-21(15-5-6-15)27(22)17-8-9-17/h7,10,13,15,17H,2-6,8-9,11-12,14H2,1H3,(H,23,28). The van der Waals surface area contributed by atoms with Crippen LogP contribution in [0.3, 0.4) is 0 Å². The average Bonchev–Trinajstić information content (AvgIpc) is 3.72. The Morgan fingerprint density at radius 3 is 2.61 bits per heavy atom. The van der Waals surface area contributed by atoms with Gasteiger partial charge >= 0.3 is 0 Å². The van der Waals surface area contributed by atoms with Gasteiger partial charge in [-0.15, -0.1) is 10.2 Å². The zero-order valence-corrected chi connectivity index (χ0v) is 20.3. The molecule has 2 aliphatic carbocycles. The molecule has 33 heavy (non-hydrogen) atoms. The molecule has 1 aliphatic heterocycles. The molecule has 1 aromatic carbocycles. The molecule has 3 fully saturated rings. The molecule has 0 radical (unpaired) electrons. The Balaban J connectivity index is 1.29. The number of hydrogen-bond acceptors (Lipinski definition) is 7. The zero-order valence-electron chi connectivity index (χ0n) is 18.7. The van der Waals surface area contributed by atoms with Gasteiger partial charge in [-0.05, 0) is 63.6 Å². The number of sulfonamides is 1. The summed E-state index contributed by atoms with van der Waals surface area (Å²) in [6.07, 6.45) is 6.30. The molecule has 2 saturated carbocycles. The molecule has 2 heterocycles. The SMILES string of the molecule is CCOc1ccc(NC(=O)CSc2nnc(C3CC3)n2C2CC2)cc1S(=O)(=O)N1CCCC1. The number of nitrogens with one attached hydrogen (secondary N) is 1. The zero-order chi connectivity index (χ0) is 23.0. The lowest BCUT2D eigenvalue weighted by Crippen LogP contribution is -2.28. The van der Waals surface area contributed by atoms with Gasteiger partial charge in [0.05, 0.1) is 12.4 Å². The number of anilines is 1. The molecule has 9 nitrogen and oxygen atoms in total. The molecule has 1 saturated heterocycles. The molecule has 5 rings (SSSR count). The lowest BCUT2D eigenvalue weighted by molar-refractivity contribution is -0.113. The number of ether oxygens (including phenoxy) is 1. The maximum absolute atomic E-state index is 13.2. The Labute approximate surface area is 198 Å². The van der Waals surface area contributed by atoms with Crippen LogP contribution in [-0.2, 0) is 14.8 Å². The summed E-state index contributed by atoms with van der Waals surface area (Å²) >= 11 is 1.38. The Morgan fingerprint density at radius 1 is 1.18 bits per heavy atom. The summed E-state index contributed by atoms with van der Waals surface area (Å²) in [5, 5.41) is 12.3. The fraction of sp³-hybridized carbons (Fsp3) is 0.591. The number of benzene rings is 1. The van der Waals surface area contributed by atoms with E-state index in [0.717, 1.165) is 49.5 Å². The predicted octanol–water partition coefficient (Wildman–Crippen LogP) is 3.40. The summed E-state index contributed by atoms with van der Waals surface area (Å²) in [6.45, 7) is 3.18. The minimum atomic E-state index is -3.68. The second-order valence-corrected chi connectivity index (χ2v) is 11.6. The second-order valence-electron chi connectivity index (χ2n) is 8.76. The fourth-order valence-electron chi connectivity index (χ4n) is 4.14. The van der Waals surface area contributed by atoms with E-state index in [4.69, 9.17) is 4.74 Å². The predicted molar refractivity (Wildman–Crippen MR) is 125 cm³/mol. The van der Waals surface area contributed by atoms with Crippen molar-refractivity contribution in [3.63, 3.8) is 0 Å². The summed E-state index contributed by atoms with van der Waals surface area (Å²) in [5.41, 5.74) is 0.434. The molecular weight excluding hydrogens is 462 g/mol. The topological polar surface area (TPSA) is 106 Å². The summed E-state index contributed by atoms with van der Waals surface area (Å²) in [4.78, 5) is 12.8. The molecule has 0 spiro atoms. The van der Waals surface area contributed by atoms with Crippen molar-refractivity contribution < 1.29 is 17.9 Å². The molecule has 0 atom stereocenters. The van der Waals surface area contributed by atoms with Crippen LogP contribution >= 0.6 is 11.8 Å². The Hall–Kier alpha value is -2.11. The van der Waals surface area contributed by atoms with Crippen LogP contribution in [0.2, 0.25) is 0 Å². The van der Waals surface area contributed by atoms with E-state index in [2.05, 4.69) is 20.1 Å². The van der Waals surface area contributed by atoms with Crippen LogP contribution in [-0.4, -0.2) is 58.8 Å². The van der Waals surface area contributed by atoms with Gasteiger partial charge in [0.2, 0.25) is 15.9 Å². The maximum Gasteiger partial charge on any atom is 0.246 e. The summed E-state index contributed by atoms with van der Waals surface area (Å²) in [6, 6.07) is 5.25. The first-order valence-corrected chi connectivity index (χ1v) is 14.0. The quantitative estimate of drug-likeness (QED) is 0.508. The van der Waals surface area contributed by atoms with Gasteiger partial charge in [0.1, 0.15) is 16.5 Å². The number of hydrogen-bond donors (Lipinski definition) is 1. The van der Waals surface area contributed by atoms with Crippen LogP contribution in [0.25, 0.3) is 0 Å². The molecular formula is C22H29N5O4S2. The van der Waals surface area contributed by atoms with Gasteiger partial charge < -0.3 is 14.6 Å². The van der Waals surface area contributed by atoms with Gasteiger partial charge in [0.25, 0.3) is 0 Å². The van der Waals surface area contributed by atoms with Crippen molar-refractivity contribution in [1.82, 2.24) is 19.1 Å². The van der Waals surface area contributed by atoms with Crippen LogP contribution in [0.4, 0.5) is 5.69 Å². The highest BCUT2D eigenvalue weighted by Crippen LogP contribution is 2.46.